The molecule has 0 radical (unpaired) electrons. The maximum Gasteiger partial charge on any atom is 0.341 e. The summed E-state index contributed by atoms with van der Waals surface area (Å²) < 4.78 is 21.6. The lowest BCUT2D eigenvalue weighted by atomic mass is 10.1. The van der Waals surface area contributed by atoms with Gasteiger partial charge in [-0.15, -0.1) is 0 Å². The maximum atomic E-state index is 14.3. The van der Waals surface area contributed by atoms with E-state index in [1.165, 1.54) is 94.1 Å². The third-order valence-electron chi connectivity index (χ3n) is 13.0. The summed E-state index contributed by atoms with van der Waals surface area (Å²) in [4.78, 5) is 121. The first-order chi connectivity index (χ1) is 40.3. The molecule has 8 amide bonds. The fourth-order valence-corrected chi connectivity index (χ4v) is 8.51. The number of benzene rings is 4. The van der Waals surface area contributed by atoms with Gasteiger partial charge in [0.05, 0.1) is 49.6 Å². The van der Waals surface area contributed by atoms with Crippen LogP contribution < -0.4 is 90.6 Å². The minimum absolute atomic E-state index is 0.0244. The van der Waals surface area contributed by atoms with Crippen LogP contribution in [0, 0.1) is 0 Å². The third kappa shape index (κ3) is 21.1. The molecule has 0 bridgehead atoms. The SMILES string of the molecule is COc1ccc(NC(=O)C(CCCCN)NC(=O)c2cc(NC(=O)C(CCCCN)NC(=O)c3cc(NC(=O)C(CCCCN)NC(=O)c4cc(NC(=O)C(N)CCCCN)ccc4OCC(=O)O)ccc3OC)ccc2OC)cc1C(N)=O. The Morgan fingerprint density at radius 3 is 1.05 bits per heavy atom. The molecule has 456 valence electrons. The highest BCUT2D eigenvalue weighted by molar-refractivity contribution is 6.07. The van der Waals surface area contributed by atoms with Crippen LogP contribution in [-0.2, 0) is 24.0 Å². The first kappa shape index (κ1) is 67.6. The third-order valence-corrected chi connectivity index (χ3v) is 13.0. The lowest BCUT2D eigenvalue weighted by molar-refractivity contribution is -0.139. The first-order valence-corrected chi connectivity index (χ1v) is 27.4. The molecule has 4 aromatic carbocycles. The van der Waals surface area contributed by atoms with Gasteiger partial charge in [0.25, 0.3) is 23.6 Å². The Labute approximate surface area is 486 Å². The van der Waals surface area contributed by atoms with Gasteiger partial charge in [-0.25, -0.2) is 4.79 Å². The van der Waals surface area contributed by atoms with E-state index < -0.39 is 84.0 Å². The number of amides is 8. The molecule has 4 rings (SSSR count). The van der Waals surface area contributed by atoms with Crippen LogP contribution >= 0.6 is 0 Å². The summed E-state index contributed by atoms with van der Waals surface area (Å²) in [6, 6.07) is 12.3. The number of anilines is 4. The Balaban J connectivity index is 1.57. The van der Waals surface area contributed by atoms with Crippen LogP contribution in [-0.4, -0.2) is 137 Å². The number of hydrogen-bond acceptors (Lipinski definition) is 18. The molecule has 0 saturated heterocycles. The summed E-state index contributed by atoms with van der Waals surface area (Å²) in [5.74, 6) is -6.83. The van der Waals surface area contributed by atoms with Crippen molar-refractivity contribution in [3.8, 4) is 23.0 Å². The first-order valence-electron chi connectivity index (χ1n) is 27.4. The van der Waals surface area contributed by atoms with Crippen LogP contribution in [0.1, 0.15) is 118 Å². The number of carbonyl (C=O) groups excluding carboxylic acids is 8. The van der Waals surface area contributed by atoms with Crippen LogP contribution in [0.4, 0.5) is 22.7 Å². The number of unbranched alkanes of at least 4 members (excludes halogenated alkanes) is 4. The largest absolute Gasteiger partial charge is 0.496 e. The molecule has 0 saturated carbocycles. The minimum Gasteiger partial charge on any atom is -0.496 e. The van der Waals surface area contributed by atoms with Crippen LogP contribution in [0.25, 0.3) is 0 Å². The molecular formula is C57H79N13O14. The smallest absolute Gasteiger partial charge is 0.341 e. The van der Waals surface area contributed by atoms with Gasteiger partial charge in [-0.1, -0.05) is 6.42 Å². The van der Waals surface area contributed by atoms with E-state index in [0.717, 1.165) is 0 Å². The predicted octanol–water partition coefficient (Wildman–Crippen LogP) is 2.27. The molecule has 84 heavy (non-hydrogen) atoms. The molecular weight excluding hydrogens is 1090 g/mol. The van der Waals surface area contributed by atoms with Crippen molar-refractivity contribution in [2.24, 2.45) is 34.4 Å². The topological polar surface area (TPSA) is 451 Å². The zero-order valence-electron chi connectivity index (χ0n) is 47.5. The van der Waals surface area contributed by atoms with E-state index in [2.05, 4.69) is 37.2 Å². The van der Waals surface area contributed by atoms with Gasteiger partial charge >= 0.3 is 5.97 Å². The Morgan fingerprint density at radius 2 is 0.726 bits per heavy atom. The molecule has 0 fully saturated rings. The van der Waals surface area contributed by atoms with Gasteiger partial charge in [-0.05, 0) is 170 Å². The van der Waals surface area contributed by atoms with Gasteiger partial charge in [0.1, 0.15) is 41.1 Å². The van der Waals surface area contributed by atoms with E-state index in [9.17, 15) is 48.3 Å². The summed E-state index contributed by atoms with van der Waals surface area (Å²) in [6.45, 7) is 0.521. The second-order valence-electron chi connectivity index (χ2n) is 19.3. The Morgan fingerprint density at radius 1 is 0.429 bits per heavy atom. The molecule has 27 nitrogen and oxygen atoms in total. The van der Waals surface area contributed by atoms with Crippen molar-refractivity contribution in [3.05, 3.63) is 95.1 Å². The van der Waals surface area contributed by atoms with E-state index in [1.807, 2.05) is 0 Å². The monoisotopic (exact) mass is 1170 g/mol. The van der Waals surface area contributed by atoms with Crippen molar-refractivity contribution in [2.75, 3.05) is 75.4 Å². The van der Waals surface area contributed by atoms with E-state index >= 15 is 0 Å². The molecule has 4 aromatic rings. The number of hydrogen-bond donors (Lipinski definition) is 14. The van der Waals surface area contributed by atoms with E-state index in [0.29, 0.717) is 70.9 Å². The van der Waals surface area contributed by atoms with Crippen LogP contribution in [0.15, 0.2) is 72.8 Å². The highest BCUT2D eigenvalue weighted by Crippen LogP contribution is 2.28. The molecule has 27 heteroatoms. The highest BCUT2D eigenvalue weighted by Gasteiger charge is 2.29. The van der Waals surface area contributed by atoms with E-state index in [1.54, 1.807) is 0 Å². The van der Waals surface area contributed by atoms with Crippen LogP contribution in [0.3, 0.4) is 0 Å². The molecule has 0 aliphatic carbocycles. The van der Waals surface area contributed by atoms with E-state index in [-0.39, 0.29) is 100 Å². The predicted molar refractivity (Wildman–Crippen MR) is 315 cm³/mol. The fraction of sp³-hybridized carbons (Fsp3) is 0.421. The molecule has 4 unspecified atom stereocenters. The van der Waals surface area contributed by atoms with Crippen molar-refractivity contribution >= 4 is 76.0 Å². The van der Waals surface area contributed by atoms with Gasteiger partial charge in [-0.2, -0.15) is 0 Å². The quantitative estimate of drug-likeness (QED) is 0.0288. The molecule has 20 N–H and O–H groups in total. The van der Waals surface area contributed by atoms with Crippen molar-refractivity contribution in [2.45, 2.75) is 101 Å². The van der Waals surface area contributed by atoms with Gasteiger partial charge < -0.3 is 95.7 Å². The van der Waals surface area contributed by atoms with Crippen molar-refractivity contribution in [1.29, 1.82) is 0 Å². The molecule has 4 atom stereocenters. The average Bonchev–Trinajstić information content (AvgIpc) is 3.68. The summed E-state index contributed by atoms with van der Waals surface area (Å²) in [6.07, 6.45) is 4.75. The number of carboxylic acids is 1. The summed E-state index contributed by atoms with van der Waals surface area (Å²) in [5.41, 5.74) is 34.7. The highest BCUT2D eigenvalue weighted by atomic mass is 16.5. The van der Waals surface area contributed by atoms with Crippen molar-refractivity contribution in [3.63, 3.8) is 0 Å². The van der Waals surface area contributed by atoms with Gasteiger partial charge in [-0.3, -0.25) is 38.4 Å². The normalized spacial score (nSPS) is 12.2. The molecule has 0 spiro atoms. The summed E-state index contributed by atoms with van der Waals surface area (Å²) in [7, 11) is 4.02. The molecule has 0 aromatic heterocycles. The molecule has 0 aliphatic rings. The Hall–Kier alpha value is -8.89. The molecule has 0 aliphatic heterocycles. The summed E-state index contributed by atoms with van der Waals surface area (Å²) in [5, 5.41) is 28.4. The Kier molecular flexibility index (Phi) is 28.3. The zero-order chi connectivity index (χ0) is 61.7. The van der Waals surface area contributed by atoms with Gasteiger partial charge in [0.2, 0.25) is 23.6 Å². The second-order valence-corrected chi connectivity index (χ2v) is 19.3. The number of methoxy groups -OCH3 is 3. The van der Waals surface area contributed by atoms with Crippen molar-refractivity contribution < 1.29 is 67.2 Å². The van der Waals surface area contributed by atoms with Crippen LogP contribution in [0.2, 0.25) is 0 Å². The minimum atomic E-state index is -1.33. The average molecular weight is 1170 g/mol. The maximum absolute atomic E-state index is 14.3. The van der Waals surface area contributed by atoms with Gasteiger partial charge in [0.15, 0.2) is 6.61 Å². The number of ether oxygens (including phenoxy) is 4. The second kappa shape index (κ2) is 35.2. The fourth-order valence-electron chi connectivity index (χ4n) is 8.51. The lowest BCUT2D eigenvalue weighted by Gasteiger charge is -2.22. The number of nitrogens with one attached hydrogen (secondary N) is 7. The van der Waals surface area contributed by atoms with E-state index in [4.69, 9.17) is 53.3 Å². The standard InChI is InChI=1S/C57H79N13O14/c1-81-45-20-16-33(28-37(45)50(63)73)65-55(78)42(13-5-9-25-59)68-51(74)38-29-35(17-21-46(38)82-2)66-56(79)43(14-6-10-26-60)69-52(75)39-30-36(18-22-47(39)83-3)67-57(80)44(15-7-11-27-61)70-53(76)40-31-34(19-23-48(40)84-32-49(71)72)64-54(77)41(62)12-4-8-24-58/h16-23,28-31,41-44H,4-15,24-27,32,58-62H2,1-3H3,(H2,63,73)(H,64,77)(H,65,78)(H,66,79)(H,67,80)(H,68,74)(H,69,75)(H,70,76)(H,71,72). The van der Waals surface area contributed by atoms with Gasteiger partial charge in [0, 0.05) is 22.7 Å². The number of aliphatic carboxylic acids is 1. The zero-order valence-corrected chi connectivity index (χ0v) is 47.5. The number of rotatable bonds is 37. The lowest BCUT2D eigenvalue weighted by Crippen LogP contribution is -2.44. The molecule has 0 heterocycles. The van der Waals surface area contributed by atoms with Crippen molar-refractivity contribution in [1.82, 2.24) is 16.0 Å². The van der Waals surface area contributed by atoms with Crippen LogP contribution in [0.5, 0.6) is 23.0 Å². The Bertz CT molecular complexity index is 2930. The number of primary amides is 1. The number of carboxylic acid groups (broad SMARTS) is 1. The summed E-state index contributed by atoms with van der Waals surface area (Å²) >= 11 is 0. The number of nitrogens with two attached hydrogens (primary N) is 6. The number of carbonyl (C=O) groups is 9.